The third-order valence-electron chi connectivity index (χ3n) is 2.99. The van der Waals surface area contributed by atoms with Crippen molar-refractivity contribution < 1.29 is 9.59 Å². The van der Waals surface area contributed by atoms with Gasteiger partial charge in [0, 0.05) is 5.56 Å². The van der Waals surface area contributed by atoms with Gasteiger partial charge in [0.25, 0.3) is 5.91 Å². The smallest absolute Gasteiger partial charge is 0.257 e. The molecule has 0 spiro atoms. The number of benzene rings is 2. The zero-order valence-corrected chi connectivity index (χ0v) is 9.94. The molecule has 0 atom stereocenters. The van der Waals surface area contributed by atoms with Crippen molar-refractivity contribution in [3.8, 4) is 0 Å². The maximum atomic E-state index is 12.1. The number of primary amides is 1. The maximum Gasteiger partial charge on any atom is 0.257 e. The summed E-state index contributed by atoms with van der Waals surface area (Å²) in [4.78, 5) is 23.2. The Labute approximate surface area is 109 Å². The van der Waals surface area contributed by atoms with Gasteiger partial charge in [-0.05, 0) is 30.3 Å². The van der Waals surface area contributed by atoms with Gasteiger partial charge in [0.2, 0.25) is 5.91 Å². The molecule has 5 heteroatoms. The molecule has 1 aliphatic rings. The van der Waals surface area contributed by atoms with E-state index in [9.17, 15) is 9.59 Å². The molecule has 4 N–H and O–H groups in total. The van der Waals surface area contributed by atoms with Gasteiger partial charge in [-0.25, -0.2) is 0 Å². The molecule has 2 aromatic rings. The lowest BCUT2D eigenvalue weighted by Crippen LogP contribution is -2.13. The molecule has 2 amide bonds. The Bertz CT molecular complexity index is 695. The molecule has 3 rings (SSSR count). The van der Waals surface area contributed by atoms with Gasteiger partial charge in [0.1, 0.15) is 0 Å². The standard InChI is InChI=1S/C14H11N3O2/c15-13(18)8-5-6-11-12(7-8)17-14(19)9-3-1-2-4-10(9)16-11/h1-7,16H,(H2,15,18)(H,17,19). The molecule has 0 aromatic heterocycles. The van der Waals surface area contributed by atoms with Crippen molar-refractivity contribution in [3.05, 3.63) is 53.6 Å². The zero-order chi connectivity index (χ0) is 13.4. The van der Waals surface area contributed by atoms with Gasteiger partial charge < -0.3 is 16.4 Å². The molecule has 0 radical (unpaired) electrons. The summed E-state index contributed by atoms with van der Waals surface area (Å²) in [5, 5.41) is 5.93. The third kappa shape index (κ3) is 1.91. The van der Waals surface area contributed by atoms with Crippen molar-refractivity contribution in [1.82, 2.24) is 0 Å². The summed E-state index contributed by atoms with van der Waals surface area (Å²) >= 11 is 0. The number of amides is 2. The van der Waals surface area contributed by atoms with Crippen LogP contribution in [0, 0.1) is 0 Å². The van der Waals surface area contributed by atoms with Crippen LogP contribution in [0.2, 0.25) is 0 Å². The van der Waals surface area contributed by atoms with Crippen molar-refractivity contribution in [2.24, 2.45) is 5.73 Å². The average Bonchev–Trinajstić information content (AvgIpc) is 2.54. The molecular formula is C14H11N3O2. The van der Waals surface area contributed by atoms with E-state index >= 15 is 0 Å². The van der Waals surface area contributed by atoms with Crippen molar-refractivity contribution in [2.45, 2.75) is 0 Å². The fourth-order valence-corrected chi connectivity index (χ4v) is 2.03. The van der Waals surface area contributed by atoms with E-state index in [2.05, 4.69) is 10.6 Å². The highest BCUT2D eigenvalue weighted by Gasteiger charge is 2.19. The molecule has 0 bridgehead atoms. The van der Waals surface area contributed by atoms with Crippen LogP contribution in [0.15, 0.2) is 42.5 Å². The minimum Gasteiger partial charge on any atom is -0.366 e. The summed E-state index contributed by atoms with van der Waals surface area (Å²) in [6, 6.07) is 12.1. The lowest BCUT2D eigenvalue weighted by atomic mass is 10.1. The Hall–Kier alpha value is -2.82. The number of rotatable bonds is 1. The van der Waals surface area contributed by atoms with E-state index < -0.39 is 5.91 Å². The predicted molar refractivity (Wildman–Crippen MR) is 72.6 cm³/mol. The molecule has 0 unspecified atom stereocenters. The number of hydrogen-bond acceptors (Lipinski definition) is 3. The van der Waals surface area contributed by atoms with E-state index in [1.54, 1.807) is 30.3 Å². The summed E-state index contributed by atoms with van der Waals surface area (Å²) in [6.45, 7) is 0. The van der Waals surface area contributed by atoms with Gasteiger partial charge >= 0.3 is 0 Å². The van der Waals surface area contributed by atoms with E-state index in [4.69, 9.17) is 5.73 Å². The highest BCUT2D eigenvalue weighted by atomic mass is 16.2. The molecule has 19 heavy (non-hydrogen) atoms. The van der Waals surface area contributed by atoms with Gasteiger partial charge in [-0.1, -0.05) is 12.1 Å². The average molecular weight is 253 g/mol. The molecule has 0 aliphatic carbocycles. The largest absolute Gasteiger partial charge is 0.366 e. The van der Waals surface area contributed by atoms with Gasteiger partial charge in [-0.3, -0.25) is 9.59 Å². The quantitative estimate of drug-likeness (QED) is 0.727. The topological polar surface area (TPSA) is 84.2 Å². The first kappa shape index (κ1) is 11.3. The number of carbonyl (C=O) groups excluding carboxylic acids is 2. The van der Waals surface area contributed by atoms with Crippen LogP contribution < -0.4 is 16.4 Å². The molecule has 1 heterocycles. The lowest BCUT2D eigenvalue weighted by Gasteiger charge is -2.09. The lowest BCUT2D eigenvalue weighted by molar-refractivity contribution is 0.0996. The Morgan fingerprint density at radius 1 is 0.947 bits per heavy atom. The molecule has 0 fully saturated rings. The minimum absolute atomic E-state index is 0.219. The highest BCUT2D eigenvalue weighted by molar-refractivity contribution is 6.12. The zero-order valence-electron chi connectivity index (χ0n) is 9.94. The summed E-state index contributed by atoms with van der Waals surface area (Å²) in [5.41, 5.74) is 8.13. The summed E-state index contributed by atoms with van der Waals surface area (Å²) in [6.07, 6.45) is 0. The van der Waals surface area contributed by atoms with Crippen molar-refractivity contribution >= 4 is 28.9 Å². The Kier molecular flexibility index (Phi) is 2.45. The Morgan fingerprint density at radius 2 is 1.74 bits per heavy atom. The van der Waals surface area contributed by atoms with Crippen LogP contribution in [0.3, 0.4) is 0 Å². The van der Waals surface area contributed by atoms with Gasteiger partial charge in [-0.15, -0.1) is 0 Å². The van der Waals surface area contributed by atoms with Crippen LogP contribution in [0.4, 0.5) is 17.1 Å². The highest BCUT2D eigenvalue weighted by Crippen LogP contribution is 2.32. The Morgan fingerprint density at radius 3 is 2.53 bits per heavy atom. The summed E-state index contributed by atoms with van der Waals surface area (Å²) < 4.78 is 0. The number of anilines is 3. The van der Waals surface area contributed by atoms with Gasteiger partial charge in [0.15, 0.2) is 0 Å². The summed E-state index contributed by atoms with van der Waals surface area (Å²) in [7, 11) is 0. The number of fused-ring (bicyclic) bond motifs is 2. The van der Waals surface area contributed by atoms with E-state index in [0.717, 1.165) is 11.4 Å². The maximum absolute atomic E-state index is 12.1. The van der Waals surface area contributed by atoms with Crippen molar-refractivity contribution in [3.63, 3.8) is 0 Å². The molecule has 1 aliphatic heterocycles. The first-order valence-electron chi connectivity index (χ1n) is 5.76. The number of nitrogens with two attached hydrogens (primary N) is 1. The number of carbonyl (C=O) groups is 2. The van der Waals surface area contributed by atoms with E-state index in [0.29, 0.717) is 16.8 Å². The van der Waals surface area contributed by atoms with Crippen LogP contribution in [-0.4, -0.2) is 11.8 Å². The minimum atomic E-state index is -0.529. The molecule has 0 saturated carbocycles. The second-order valence-electron chi connectivity index (χ2n) is 4.25. The van der Waals surface area contributed by atoms with Crippen LogP contribution in [0.5, 0.6) is 0 Å². The molecule has 0 saturated heterocycles. The molecule has 2 aromatic carbocycles. The van der Waals surface area contributed by atoms with E-state index in [1.807, 2.05) is 12.1 Å². The van der Waals surface area contributed by atoms with Gasteiger partial charge in [-0.2, -0.15) is 0 Å². The fraction of sp³-hybridized carbons (Fsp3) is 0. The first-order valence-corrected chi connectivity index (χ1v) is 5.76. The van der Waals surface area contributed by atoms with Crippen molar-refractivity contribution in [2.75, 3.05) is 10.6 Å². The number of para-hydroxylation sites is 1. The normalized spacial score (nSPS) is 12.5. The van der Waals surface area contributed by atoms with Crippen molar-refractivity contribution in [1.29, 1.82) is 0 Å². The van der Waals surface area contributed by atoms with Crippen LogP contribution in [0.1, 0.15) is 20.7 Å². The number of nitrogens with one attached hydrogen (secondary N) is 2. The van der Waals surface area contributed by atoms with E-state index in [1.165, 1.54) is 0 Å². The van der Waals surface area contributed by atoms with Crippen LogP contribution in [-0.2, 0) is 0 Å². The van der Waals surface area contributed by atoms with Crippen LogP contribution in [0.25, 0.3) is 0 Å². The molecule has 5 nitrogen and oxygen atoms in total. The second kappa shape index (κ2) is 4.13. The predicted octanol–water partition coefficient (Wildman–Crippen LogP) is 2.09. The van der Waals surface area contributed by atoms with Gasteiger partial charge in [0.05, 0.1) is 22.6 Å². The SMILES string of the molecule is NC(=O)c1ccc2c(c1)NC(=O)c1ccccc1N2. The molecule has 94 valence electrons. The van der Waals surface area contributed by atoms with Crippen LogP contribution >= 0.6 is 0 Å². The molecular weight excluding hydrogens is 242 g/mol. The summed E-state index contributed by atoms with van der Waals surface area (Å²) in [5.74, 6) is -0.748. The monoisotopic (exact) mass is 253 g/mol. The third-order valence-corrected chi connectivity index (χ3v) is 2.99. The first-order chi connectivity index (χ1) is 9.15. The van der Waals surface area contributed by atoms with E-state index in [-0.39, 0.29) is 5.91 Å². The number of hydrogen-bond donors (Lipinski definition) is 3. The Balaban J connectivity index is 2.12. The fourth-order valence-electron chi connectivity index (χ4n) is 2.03. The second-order valence-corrected chi connectivity index (χ2v) is 4.25.